The van der Waals surface area contributed by atoms with Crippen molar-refractivity contribution in [3.05, 3.63) is 0 Å². The van der Waals surface area contributed by atoms with E-state index in [1.165, 1.54) is 0 Å². The molecule has 1 fully saturated rings. The summed E-state index contributed by atoms with van der Waals surface area (Å²) >= 11 is 0. The van der Waals surface area contributed by atoms with Crippen LogP contribution in [0.2, 0.25) is 0 Å². The van der Waals surface area contributed by atoms with Crippen LogP contribution < -0.4 is 0 Å². The lowest BCUT2D eigenvalue weighted by molar-refractivity contribution is -0.161. The van der Waals surface area contributed by atoms with E-state index in [1.807, 2.05) is 25.7 Å². The minimum absolute atomic E-state index is 0.0438. The first-order chi connectivity index (χ1) is 8.81. The van der Waals surface area contributed by atoms with Crippen LogP contribution in [0.3, 0.4) is 0 Å². The molecule has 0 saturated carbocycles. The van der Waals surface area contributed by atoms with Gasteiger partial charge in [0.2, 0.25) is 0 Å². The third-order valence-corrected chi connectivity index (χ3v) is 2.99. The second-order valence-corrected chi connectivity index (χ2v) is 5.89. The molecule has 110 valence electrons. The highest BCUT2D eigenvalue weighted by Crippen LogP contribution is 2.21. The van der Waals surface area contributed by atoms with Crippen molar-refractivity contribution >= 4 is 11.9 Å². The average molecular weight is 271 g/mol. The SMILES string of the molecule is CCOC(=O)CN1CCC(C(=O)OC(C)(C)C)CC1. The normalized spacial score (nSPS) is 18.1. The second-order valence-electron chi connectivity index (χ2n) is 5.89. The van der Waals surface area contributed by atoms with E-state index in [9.17, 15) is 9.59 Å². The minimum Gasteiger partial charge on any atom is -0.465 e. The van der Waals surface area contributed by atoms with Crippen LogP contribution in [0, 0.1) is 5.92 Å². The van der Waals surface area contributed by atoms with Gasteiger partial charge >= 0.3 is 11.9 Å². The number of nitrogens with zero attached hydrogens (tertiary/aromatic N) is 1. The van der Waals surface area contributed by atoms with Crippen LogP contribution in [0.1, 0.15) is 40.5 Å². The summed E-state index contributed by atoms with van der Waals surface area (Å²) in [5.41, 5.74) is -0.431. The van der Waals surface area contributed by atoms with E-state index in [0.29, 0.717) is 13.2 Å². The molecule has 0 aromatic carbocycles. The lowest BCUT2D eigenvalue weighted by Crippen LogP contribution is -2.41. The fraction of sp³-hybridized carbons (Fsp3) is 0.857. The number of carbonyl (C=O) groups is 2. The standard InChI is InChI=1S/C14H25NO4/c1-5-18-12(16)10-15-8-6-11(7-9-15)13(17)19-14(2,3)4/h11H,5-10H2,1-4H3. The fourth-order valence-electron chi connectivity index (χ4n) is 2.10. The third-order valence-electron chi connectivity index (χ3n) is 2.99. The molecule has 0 aliphatic carbocycles. The van der Waals surface area contributed by atoms with Crippen molar-refractivity contribution in [1.82, 2.24) is 4.90 Å². The van der Waals surface area contributed by atoms with Crippen molar-refractivity contribution in [3.63, 3.8) is 0 Å². The Balaban J connectivity index is 2.32. The Morgan fingerprint density at radius 1 is 1.21 bits per heavy atom. The molecule has 1 rings (SSSR count). The van der Waals surface area contributed by atoms with Gasteiger partial charge in [0, 0.05) is 0 Å². The third kappa shape index (κ3) is 6.05. The van der Waals surface area contributed by atoms with Crippen LogP contribution in [-0.2, 0) is 19.1 Å². The largest absolute Gasteiger partial charge is 0.465 e. The van der Waals surface area contributed by atoms with Crippen molar-refractivity contribution < 1.29 is 19.1 Å². The maximum atomic E-state index is 11.9. The van der Waals surface area contributed by atoms with Gasteiger partial charge in [-0.25, -0.2) is 0 Å². The number of rotatable bonds is 4. The van der Waals surface area contributed by atoms with Gasteiger partial charge in [0.05, 0.1) is 19.1 Å². The zero-order chi connectivity index (χ0) is 14.5. The Labute approximate surface area is 115 Å². The molecule has 0 N–H and O–H groups in total. The van der Waals surface area contributed by atoms with Gasteiger partial charge < -0.3 is 9.47 Å². The van der Waals surface area contributed by atoms with Crippen LogP contribution in [-0.4, -0.2) is 48.7 Å². The van der Waals surface area contributed by atoms with Crippen molar-refractivity contribution in [1.29, 1.82) is 0 Å². The maximum absolute atomic E-state index is 11.9. The summed E-state index contributed by atoms with van der Waals surface area (Å²) in [5, 5.41) is 0. The van der Waals surface area contributed by atoms with Crippen LogP contribution in [0.4, 0.5) is 0 Å². The summed E-state index contributed by atoms with van der Waals surface area (Å²) in [6, 6.07) is 0. The summed E-state index contributed by atoms with van der Waals surface area (Å²) in [4.78, 5) is 25.3. The Kier molecular flexibility index (Phi) is 5.79. The summed E-state index contributed by atoms with van der Waals surface area (Å²) in [6.07, 6.45) is 1.49. The maximum Gasteiger partial charge on any atom is 0.320 e. The molecule has 1 aliphatic rings. The van der Waals surface area contributed by atoms with E-state index < -0.39 is 5.60 Å². The number of esters is 2. The Morgan fingerprint density at radius 3 is 2.26 bits per heavy atom. The number of likely N-dealkylation sites (tertiary alicyclic amines) is 1. The monoisotopic (exact) mass is 271 g/mol. The van der Waals surface area contributed by atoms with E-state index in [-0.39, 0.29) is 17.9 Å². The minimum atomic E-state index is -0.431. The molecular weight excluding hydrogens is 246 g/mol. The van der Waals surface area contributed by atoms with Gasteiger partial charge in [-0.3, -0.25) is 14.5 Å². The Bertz CT molecular complexity index is 314. The fourth-order valence-corrected chi connectivity index (χ4v) is 2.10. The number of ether oxygens (including phenoxy) is 2. The van der Waals surface area contributed by atoms with Gasteiger partial charge in [-0.15, -0.1) is 0 Å². The summed E-state index contributed by atoms with van der Waals surface area (Å²) in [7, 11) is 0. The van der Waals surface area contributed by atoms with E-state index in [0.717, 1.165) is 25.9 Å². The molecule has 19 heavy (non-hydrogen) atoms. The van der Waals surface area contributed by atoms with Crippen LogP contribution in [0.15, 0.2) is 0 Å². The topological polar surface area (TPSA) is 55.8 Å². The summed E-state index contributed by atoms with van der Waals surface area (Å²) in [6.45, 7) is 9.63. The van der Waals surface area contributed by atoms with Crippen LogP contribution >= 0.6 is 0 Å². The molecule has 0 aromatic rings. The zero-order valence-corrected chi connectivity index (χ0v) is 12.4. The average Bonchev–Trinajstić information content (AvgIpc) is 2.27. The molecule has 0 spiro atoms. The van der Waals surface area contributed by atoms with Gasteiger partial charge in [0.1, 0.15) is 5.60 Å². The predicted octanol–water partition coefficient (Wildman–Crippen LogP) is 1.60. The Morgan fingerprint density at radius 2 is 1.79 bits per heavy atom. The summed E-state index contributed by atoms with van der Waals surface area (Å²) in [5.74, 6) is -0.362. The number of hydrogen-bond acceptors (Lipinski definition) is 5. The van der Waals surface area contributed by atoms with Crippen molar-refractivity contribution in [2.45, 2.75) is 46.1 Å². The first-order valence-electron chi connectivity index (χ1n) is 6.92. The van der Waals surface area contributed by atoms with Gasteiger partial charge in [-0.05, 0) is 53.6 Å². The molecule has 5 nitrogen and oxygen atoms in total. The van der Waals surface area contributed by atoms with Gasteiger partial charge in [-0.2, -0.15) is 0 Å². The molecule has 0 unspecified atom stereocenters. The number of piperidine rings is 1. The van der Waals surface area contributed by atoms with Crippen molar-refractivity contribution in [3.8, 4) is 0 Å². The van der Waals surface area contributed by atoms with Gasteiger partial charge in [-0.1, -0.05) is 0 Å². The van der Waals surface area contributed by atoms with E-state index in [4.69, 9.17) is 9.47 Å². The lowest BCUT2D eigenvalue weighted by atomic mass is 9.96. The Hall–Kier alpha value is -1.10. The number of hydrogen-bond donors (Lipinski definition) is 0. The van der Waals surface area contributed by atoms with Gasteiger partial charge in [0.25, 0.3) is 0 Å². The first-order valence-corrected chi connectivity index (χ1v) is 6.92. The smallest absolute Gasteiger partial charge is 0.320 e. The molecular formula is C14H25NO4. The molecule has 5 heteroatoms. The highest BCUT2D eigenvalue weighted by Gasteiger charge is 2.29. The quantitative estimate of drug-likeness (QED) is 0.727. The molecule has 0 atom stereocenters. The van der Waals surface area contributed by atoms with Crippen molar-refractivity contribution in [2.24, 2.45) is 5.92 Å². The lowest BCUT2D eigenvalue weighted by Gasteiger charge is -2.31. The first kappa shape index (κ1) is 16.0. The molecule has 1 heterocycles. The molecule has 0 aromatic heterocycles. The molecule has 1 aliphatic heterocycles. The summed E-state index contributed by atoms with van der Waals surface area (Å²) < 4.78 is 10.3. The highest BCUT2D eigenvalue weighted by molar-refractivity contribution is 5.73. The number of carbonyl (C=O) groups excluding carboxylic acids is 2. The molecule has 0 amide bonds. The highest BCUT2D eigenvalue weighted by atomic mass is 16.6. The molecule has 1 saturated heterocycles. The van der Waals surface area contributed by atoms with E-state index in [1.54, 1.807) is 6.92 Å². The van der Waals surface area contributed by atoms with Crippen LogP contribution in [0.5, 0.6) is 0 Å². The second kappa shape index (κ2) is 6.89. The predicted molar refractivity (Wildman–Crippen MR) is 71.6 cm³/mol. The zero-order valence-electron chi connectivity index (χ0n) is 12.4. The van der Waals surface area contributed by atoms with E-state index in [2.05, 4.69) is 0 Å². The molecule has 0 radical (unpaired) electrons. The van der Waals surface area contributed by atoms with Gasteiger partial charge in [0.15, 0.2) is 0 Å². The van der Waals surface area contributed by atoms with Crippen LogP contribution in [0.25, 0.3) is 0 Å². The van der Waals surface area contributed by atoms with Crippen molar-refractivity contribution in [2.75, 3.05) is 26.2 Å². The molecule has 0 bridgehead atoms. The van der Waals surface area contributed by atoms with E-state index >= 15 is 0 Å².